The SMILES string of the molecule is CC/C=C\C/C=C\C/C=C\C/C=C\C/C=C\C/C=C\CCC(=O)NCCCCC(NC(=O)c1cccnc1)C(=O)O. The topological polar surface area (TPSA) is 108 Å². The molecule has 1 aromatic rings. The summed E-state index contributed by atoms with van der Waals surface area (Å²) in [7, 11) is 0. The number of carboxylic acids is 1. The molecule has 7 heteroatoms. The Bertz CT molecular complexity index is 1040. The summed E-state index contributed by atoms with van der Waals surface area (Å²) in [6, 6.07) is 2.22. The second-order valence-corrected chi connectivity index (χ2v) is 9.41. The Kier molecular flexibility index (Phi) is 21.4. The molecule has 0 aromatic carbocycles. The van der Waals surface area contributed by atoms with Crippen LogP contribution in [0, 0.1) is 0 Å². The minimum absolute atomic E-state index is 0.0239. The van der Waals surface area contributed by atoms with Crippen LogP contribution in [0.15, 0.2) is 97.4 Å². The van der Waals surface area contributed by atoms with Gasteiger partial charge in [0.1, 0.15) is 6.04 Å². The maximum atomic E-state index is 12.2. The van der Waals surface area contributed by atoms with Crippen molar-refractivity contribution in [1.82, 2.24) is 15.6 Å². The molecule has 3 N–H and O–H groups in total. The number of aromatic nitrogens is 1. The van der Waals surface area contributed by atoms with Crippen LogP contribution in [0.2, 0.25) is 0 Å². The quantitative estimate of drug-likeness (QED) is 0.104. The molecule has 0 bridgehead atoms. The molecule has 1 unspecified atom stereocenters. The van der Waals surface area contributed by atoms with Gasteiger partial charge in [0.2, 0.25) is 5.91 Å². The normalized spacial score (nSPS) is 12.9. The Morgan fingerprint density at radius 3 is 1.90 bits per heavy atom. The minimum Gasteiger partial charge on any atom is -0.480 e. The third kappa shape index (κ3) is 20.6. The molecule has 0 saturated heterocycles. The number of hydrogen-bond acceptors (Lipinski definition) is 4. The van der Waals surface area contributed by atoms with Crippen molar-refractivity contribution in [3.63, 3.8) is 0 Å². The number of nitrogens with zero attached hydrogens (tertiary/aromatic N) is 1. The predicted octanol–water partition coefficient (Wildman–Crippen LogP) is 7.03. The van der Waals surface area contributed by atoms with Gasteiger partial charge in [0, 0.05) is 25.4 Å². The van der Waals surface area contributed by atoms with Gasteiger partial charge >= 0.3 is 5.97 Å². The average molecular weight is 562 g/mol. The zero-order valence-corrected chi connectivity index (χ0v) is 24.4. The Hall–Kier alpha value is -4.00. The number of aliphatic carboxylic acids is 1. The lowest BCUT2D eigenvalue weighted by atomic mass is 10.1. The summed E-state index contributed by atoms with van der Waals surface area (Å²) in [6.45, 7) is 2.62. The maximum absolute atomic E-state index is 12.2. The van der Waals surface area contributed by atoms with Crippen LogP contribution in [-0.2, 0) is 9.59 Å². The fourth-order valence-electron chi connectivity index (χ4n) is 3.64. The summed E-state index contributed by atoms with van der Waals surface area (Å²) >= 11 is 0. The molecule has 0 radical (unpaired) electrons. The van der Waals surface area contributed by atoms with E-state index in [4.69, 9.17) is 0 Å². The molecule has 0 saturated carbocycles. The molecule has 0 aliphatic rings. The van der Waals surface area contributed by atoms with E-state index in [1.165, 1.54) is 6.20 Å². The lowest BCUT2D eigenvalue weighted by Gasteiger charge is -2.14. The first kappa shape index (κ1) is 35.0. The van der Waals surface area contributed by atoms with E-state index in [9.17, 15) is 19.5 Å². The summed E-state index contributed by atoms with van der Waals surface area (Å²) in [4.78, 5) is 39.5. The van der Waals surface area contributed by atoms with Gasteiger partial charge in [0.25, 0.3) is 5.91 Å². The highest BCUT2D eigenvalue weighted by atomic mass is 16.4. The van der Waals surface area contributed by atoms with Gasteiger partial charge in [-0.15, -0.1) is 0 Å². The highest BCUT2D eigenvalue weighted by molar-refractivity contribution is 5.96. The van der Waals surface area contributed by atoms with Gasteiger partial charge in [-0.3, -0.25) is 14.6 Å². The second kappa shape index (κ2) is 25.0. The molecular weight excluding hydrogens is 514 g/mol. The number of carboxylic acid groups (broad SMARTS) is 1. The molecule has 0 aliphatic heterocycles. The van der Waals surface area contributed by atoms with E-state index in [0.29, 0.717) is 37.8 Å². The Morgan fingerprint density at radius 2 is 1.39 bits per heavy atom. The number of allylic oxidation sites excluding steroid dienone is 12. The molecular formula is C34H47N3O4. The monoisotopic (exact) mass is 561 g/mol. The summed E-state index contributed by atoms with van der Waals surface area (Å²) in [5.41, 5.74) is 0.318. The predicted molar refractivity (Wildman–Crippen MR) is 167 cm³/mol. The van der Waals surface area contributed by atoms with Gasteiger partial charge in [-0.25, -0.2) is 4.79 Å². The number of nitrogens with one attached hydrogen (secondary N) is 2. The van der Waals surface area contributed by atoms with Crippen molar-refractivity contribution in [1.29, 1.82) is 0 Å². The van der Waals surface area contributed by atoms with Crippen LogP contribution in [0.5, 0.6) is 0 Å². The number of hydrogen-bond donors (Lipinski definition) is 3. The van der Waals surface area contributed by atoms with Gasteiger partial charge in [0.15, 0.2) is 0 Å². The van der Waals surface area contributed by atoms with Crippen LogP contribution in [0.25, 0.3) is 0 Å². The lowest BCUT2D eigenvalue weighted by molar-refractivity contribution is -0.139. The highest BCUT2D eigenvalue weighted by Crippen LogP contribution is 2.04. The lowest BCUT2D eigenvalue weighted by Crippen LogP contribution is -2.40. The van der Waals surface area contributed by atoms with Crippen LogP contribution in [0.1, 0.15) is 87.9 Å². The largest absolute Gasteiger partial charge is 0.480 e. The van der Waals surface area contributed by atoms with Crippen LogP contribution in [0.4, 0.5) is 0 Å². The van der Waals surface area contributed by atoms with Gasteiger partial charge in [-0.05, 0) is 76.3 Å². The average Bonchev–Trinajstić information content (AvgIpc) is 2.97. The van der Waals surface area contributed by atoms with Crippen molar-refractivity contribution in [2.75, 3.05) is 6.54 Å². The molecule has 41 heavy (non-hydrogen) atoms. The molecule has 0 fully saturated rings. The number of carbonyl (C=O) groups excluding carboxylic acids is 2. The third-order valence-corrected chi connectivity index (χ3v) is 5.90. The van der Waals surface area contributed by atoms with E-state index < -0.39 is 17.9 Å². The van der Waals surface area contributed by atoms with Crippen molar-refractivity contribution >= 4 is 17.8 Å². The zero-order valence-electron chi connectivity index (χ0n) is 24.4. The first-order chi connectivity index (χ1) is 20.0. The molecule has 0 aliphatic carbocycles. The van der Waals surface area contributed by atoms with E-state index in [2.05, 4.69) is 89.4 Å². The molecule has 1 atom stereocenters. The Morgan fingerprint density at radius 1 is 0.829 bits per heavy atom. The summed E-state index contributed by atoms with van der Waals surface area (Å²) < 4.78 is 0. The first-order valence-corrected chi connectivity index (χ1v) is 14.6. The highest BCUT2D eigenvalue weighted by Gasteiger charge is 2.20. The molecule has 7 nitrogen and oxygen atoms in total. The minimum atomic E-state index is -1.08. The number of pyridine rings is 1. The van der Waals surface area contributed by atoms with Crippen LogP contribution < -0.4 is 10.6 Å². The molecule has 0 spiro atoms. The van der Waals surface area contributed by atoms with Crippen molar-refractivity contribution < 1.29 is 19.5 Å². The third-order valence-electron chi connectivity index (χ3n) is 5.90. The Labute approximate surface area is 245 Å². The number of rotatable bonds is 22. The summed E-state index contributed by atoms with van der Waals surface area (Å²) in [5.74, 6) is -1.57. The van der Waals surface area contributed by atoms with Crippen LogP contribution >= 0.6 is 0 Å². The van der Waals surface area contributed by atoms with E-state index in [-0.39, 0.29) is 12.3 Å². The van der Waals surface area contributed by atoms with Crippen LogP contribution in [-0.4, -0.2) is 40.5 Å². The van der Waals surface area contributed by atoms with E-state index >= 15 is 0 Å². The molecule has 222 valence electrons. The summed E-state index contributed by atoms with van der Waals surface area (Å²) in [5, 5.41) is 14.8. The van der Waals surface area contributed by atoms with Crippen molar-refractivity contribution in [3.8, 4) is 0 Å². The fourth-order valence-corrected chi connectivity index (χ4v) is 3.64. The summed E-state index contributed by atoms with van der Waals surface area (Å²) in [6.07, 6.45) is 37.2. The number of unbranched alkanes of at least 4 members (excludes halogenated alkanes) is 1. The standard InChI is InChI=1S/C34H47N3O4/c1-2-3-4-5-6-7-8-9-10-11-12-13-14-15-16-17-18-19-20-26-32(38)36-28-22-21-25-31(34(40)41)37-33(39)30-24-23-27-35-29-30/h3-4,6-7,9-10,12-13,15-16,18-19,23-24,27,29,31H,2,5,8,11,14,17,20-22,25-26,28H2,1H3,(H,36,38)(H,37,39)(H,40,41)/b4-3-,7-6-,10-9-,13-12-,16-15-,19-18-. The number of amides is 2. The molecule has 1 heterocycles. The van der Waals surface area contributed by atoms with Crippen molar-refractivity contribution in [2.45, 2.75) is 83.6 Å². The van der Waals surface area contributed by atoms with Crippen molar-refractivity contribution in [2.24, 2.45) is 0 Å². The molecule has 1 rings (SSSR count). The smallest absolute Gasteiger partial charge is 0.326 e. The van der Waals surface area contributed by atoms with E-state index in [1.54, 1.807) is 18.3 Å². The van der Waals surface area contributed by atoms with E-state index in [0.717, 1.165) is 38.5 Å². The van der Waals surface area contributed by atoms with Crippen LogP contribution in [0.3, 0.4) is 0 Å². The van der Waals surface area contributed by atoms with Crippen molar-refractivity contribution in [3.05, 3.63) is 103 Å². The first-order valence-electron chi connectivity index (χ1n) is 14.6. The van der Waals surface area contributed by atoms with E-state index in [1.807, 2.05) is 6.08 Å². The van der Waals surface area contributed by atoms with Gasteiger partial charge in [-0.1, -0.05) is 79.8 Å². The van der Waals surface area contributed by atoms with Gasteiger partial charge < -0.3 is 15.7 Å². The molecule has 1 aromatic heterocycles. The fraction of sp³-hybridized carbons (Fsp3) is 0.412. The number of carbonyl (C=O) groups is 3. The van der Waals surface area contributed by atoms with Gasteiger partial charge in [-0.2, -0.15) is 0 Å². The zero-order chi connectivity index (χ0) is 29.8. The van der Waals surface area contributed by atoms with Gasteiger partial charge in [0.05, 0.1) is 5.56 Å². The second-order valence-electron chi connectivity index (χ2n) is 9.41. The molecule has 2 amide bonds. The maximum Gasteiger partial charge on any atom is 0.326 e. The Balaban J connectivity index is 2.04.